The Labute approximate surface area is 297 Å². The van der Waals surface area contributed by atoms with Crippen LogP contribution in [0.3, 0.4) is 0 Å². The molecular weight excluding hydrogens is 700 g/mol. The lowest BCUT2D eigenvalue weighted by Gasteiger charge is -2.20. The Balaban J connectivity index is 1.29. The molecule has 0 radical (unpaired) electrons. The monoisotopic (exact) mass is 737 g/mol. The fraction of sp³-hybridized carbons (Fsp3) is 0.306. The van der Waals surface area contributed by atoms with Gasteiger partial charge in [0.15, 0.2) is 0 Å². The molecule has 13 nitrogen and oxygen atoms in total. The third-order valence-electron chi connectivity index (χ3n) is 8.48. The number of nitrogens with zero attached hydrogens (tertiary/aromatic N) is 2. The Morgan fingerprint density at radius 2 is 1.54 bits per heavy atom. The van der Waals surface area contributed by atoms with E-state index in [1.807, 2.05) is 4.72 Å². The third kappa shape index (κ3) is 8.12. The van der Waals surface area contributed by atoms with Crippen LogP contribution in [0.5, 0.6) is 0 Å². The van der Waals surface area contributed by atoms with Gasteiger partial charge in [0.1, 0.15) is 17.7 Å². The number of benzene rings is 3. The van der Waals surface area contributed by atoms with E-state index < -0.39 is 73.5 Å². The first-order valence-corrected chi connectivity index (χ1v) is 17.8. The Morgan fingerprint density at radius 3 is 2.15 bits per heavy atom. The van der Waals surface area contributed by atoms with Crippen molar-refractivity contribution in [1.29, 1.82) is 0 Å². The predicted octanol–water partition coefficient (Wildman–Crippen LogP) is 3.45. The van der Waals surface area contributed by atoms with Crippen LogP contribution in [0.1, 0.15) is 71.1 Å². The third-order valence-corrected chi connectivity index (χ3v) is 9.86. The summed E-state index contributed by atoms with van der Waals surface area (Å²) in [6, 6.07) is 9.94. The molecule has 1 atom stereocenters. The molecule has 4 N–H and O–H groups in total. The molecule has 1 heterocycles. The SMILES string of the molecule is Cn1c2c(c(=O)n(-c3ccc(C[C@H](NC(=O)c4cc(F)c(NS(=O)(=O)c5ccc(C(=O)NC(C)(C)C)cc5)cc4F)C(=O)O)cc3)c1=O)CCCC2. The van der Waals surface area contributed by atoms with E-state index in [4.69, 9.17) is 0 Å². The van der Waals surface area contributed by atoms with Crippen LogP contribution in [0.4, 0.5) is 14.5 Å². The lowest BCUT2D eigenvalue weighted by molar-refractivity contribution is -0.139. The number of halogens is 2. The molecule has 0 fully saturated rings. The van der Waals surface area contributed by atoms with Crippen molar-refractivity contribution in [3.05, 3.63) is 121 Å². The summed E-state index contributed by atoms with van der Waals surface area (Å²) in [6.07, 6.45) is 2.60. The fourth-order valence-corrected chi connectivity index (χ4v) is 6.92. The van der Waals surface area contributed by atoms with E-state index in [1.165, 1.54) is 41.0 Å². The summed E-state index contributed by atoms with van der Waals surface area (Å²) in [7, 11) is -2.86. The summed E-state index contributed by atoms with van der Waals surface area (Å²) in [5, 5.41) is 14.7. The average Bonchev–Trinajstić information content (AvgIpc) is 3.08. The van der Waals surface area contributed by atoms with Crippen LogP contribution in [0.2, 0.25) is 0 Å². The normalized spacial score (nSPS) is 13.5. The molecular formula is C36H37F2N5O8S. The predicted molar refractivity (Wildman–Crippen MR) is 187 cm³/mol. The van der Waals surface area contributed by atoms with Gasteiger partial charge < -0.3 is 20.3 Å². The van der Waals surface area contributed by atoms with Gasteiger partial charge >= 0.3 is 11.7 Å². The molecule has 16 heteroatoms. The van der Waals surface area contributed by atoms with Crippen molar-refractivity contribution in [1.82, 2.24) is 19.8 Å². The standard InChI is InChI=1S/C36H37F2N5O8S/c1-36(2,3)40-31(44)21-11-15-23(16-12-21)52(50,51)41-28-19-26(37)25(18-27(28)38)32(45)39-29(34(47)48)17-20-9-13-22(14-10-20)43-33(46)24-7-5-6-8-30(24)42(4)35(43)49/h9-16,18-19,29,41H,5-8,17H2,1-4H3,(H,39,45)(H,40,44)(H,47,48)/t29-/m0/s1. The van der Waals surface area contributed by atoms with E-state index in [-0.39, 0.29) is 22.6 Å². The molecule has 0 unspecified atom stereocenters. The Bertz CT molecular complexity index is 2300. The van der Waals surface area contributed by atoms with Gasteiger partial charge in [0.2, 0.25) is 0 Å². The van der Waals surface area contributed by atoms with Gasteiger partial charge in [-0.05, 0) is 94.5 Å². The summed E-state index contributed by atoms with van der Waals surface area (Å²) in [5.41, 5.74) is -1.03. The molecule has 0 saturated carbocycles. The highest BCUT2D eigenvalue weighted by Crippen LogP contribution is 2.24. The van der Waals surface area contributed by atoms with Gasteiger partial charge in [-0.15, -0.1) is 0 Å². The van der Waals surface area contributed by atoms with Gasteiger partial charge in [-0.2, -0.15) is 0 Å². The molecule has 1 aliphatic rings. The van der Waals surface area contributed by atoms with Crippen LogP contribution < -0.4 is 26.6 Å². The maximum absolute atomic E-state index is 15.1. The van der Waals surface area contributed by atoms with Crippen molar-refractivity contribution in [3.8, 4) is 5.69 Å². The maximum Gasteiger partial charge on any atom is 0.335 e. The van der Waals surface area contributed by atoms with Crippen LogP contribution in [-0.2, 0) is 41.1 Å². The van der Waals surface area contributed by atoms with Gasteiger partial charge in [-0.3, -0.25) is 19.1 Å². The number of anilines is 1. The summed E-state index contributed by atoms with van der Waals surface area (Å²) >= 11 is 0. The molecule has 3 aromatic carbocycles. The van der Waals surface area contributed by atoms with Gasteiger partial charge in [-0.25, -0.2) is 31.4 Å². The number of sulfonamides is 1. The highest BCUT2D eigenvalue weighted by molar-refractivity contribution is 7.92. The van der Waals surface area contributed by atoms with Crippen molar-refractivity contribution in [2.45, 2.75) is 69.4 Å². The first kappa shape index (κ1) is 37.6. The highest BCUT2D eigenvalue weighted by Gasteiger charge is 2.26. The lowest BCUT2D eigenvalue weighted by Crippen LogP contribution is -2.43. The summed E-state index contributed by atoms with van der Waals surface area (Å²) in [5.74, 6) is -5.85. The number of rotatable bonds is 10. The molecule has 2 amide bonds. The molecule has 5 rings (SSSR count). The number of amides is 2. The molecule has 4 aromatic rings. The molecule has 274 valence electrons. The van der Waals surface area contributed by atoms with Gasteiger partial charge in [0, 0.05) is 41.9 Å². The summed E-state index contributed by atoms with van der Waals surface area (Å²) in [6.45, 7) is 5.32. The zero-order chi connectivity index (χ0) is 38.1. The highest BCUT2D eigenvalue weighted by atomic mass is 32.2. The Morgan fingerprint density at radius 1 is 0.904 bits per heavy atom. The maximum atomic E-state index is 15.1. The minimum absolute atomic E-state index is 0.173. The number of carbonyl (C=O) groups is 3. The van der Waals surface area contributed by atoms with Crippen LogP contribution >= 0.6 is 0 Å². The minimum Gasteiger partial charge on any atom is -0.480 e. The largest absolute Gasteiger partial charge is 0.480 e. The number of carboxylic acid groups (broad SMARTS) is 1. The molecule has 52 heavy (non-hydrogen) atoms. The van der Waals surface area contributed by atoms with Crippen LogP contribution in [-0.4, -0.2) is 52.0 Å². The zero-order valence-electron chi connectivity index (χ0n) is 28.7. The van der Waals surface area contributed by atoms with Gasteiger partial charge in [0.25, 0.3) is 27.4 Å². The van der Waals surface area contributed by atoms with Crippen molar-refractivity contribution in [3.63, 3.8) is 0 Å². The second-order valence-corrected chi connectivity index (χ2v) is 15.2. The van der Waals surface area contributed by atoms with E-state index in [9.17, 15) is 37.5 Å². The number of hydrogen-bond donors (Lipinski definition) is 4. The first-order valence-electron chi connectivity index (χ1n) is 16.3. The average molecular weight is 738 g/mol. The Kier molecular flexibility index (Phi) is 10.5. The van der Waals surface area contributed by atoms with Crippen LogP contribution in [0.25, 0.3) is 5.69 Å². The minimum atomic E-state index is -4.46. The quantitative estimate of drug-likeness (QED) is 0.191. The zero-order valence-corrected chi connectivity index (χ0v) is 29.6. The second kappa shape index (κ2) is 14.5. The van der Waals surface area contributed by atoms with Crippen LogP contribution in [0.15, 0.2) is 75.1 Å². The van der Waals surface area contributed by atoms with Gasteiger partial charge in [0.05, 0.1) is 21.8 Å². The second-order valence-electron chi connectivity index (χ2n) is 13.5. The van der Waals surface area contributed by atoms with Crippen molar-refractivity contribution >= 4 is 33.5 Å². The van der Waals surface area contributed by atoms with Crippen LogP contribution in [0, 0.1) is 11.6 Å². The summed E-state index contributed by atoms with van der Waals surface area (Å²) < 4.78 is 60.4. The Hall–Kier alpha value is -5.64. The number of aliphatic carboxylic acids is 1. The van der Waals surface area contributed by atoms with E-state index in [0.29, 0.717) is 41.8 Å². The first-order chi connectivity index (χ1) is 24.4. The summed E-state index contributed by atoms with van der Waals surface area (Å²) in [4.78, 5) is 63.2. The molecule has 0 aliphatic heterocycles. The number of hydrogen-bond acceptors (Lipinski definition) is 7. The number of nitrogens with one attached hydrogen (secondary N) is 3. The van der Waals surface area contributed by atoms with Crippen molar-refractivity contribution in [2.75, 3.05) is 4.72 Å². The van der Waals surface area contributed by atoms with Gasteiger partial charge in [-0.1, -0.05) is 12.1 Å². The topological polar surface area (TPSA) is 186 Å². The molecule has 0 spiro atoms. The molecule has 0 saturated heterocycles. The van der Waals surface area contributed by atoms with E-state index in [2.05, 4.69) is 10.6 Å². The molecule has 1 aromatic heterocycles. The smallest absolute Gasteiger partial charge is 0.335 e. The van der Waals surface area contributed by atoms with Crippen molar-refractivity contribution < 1.29 is 36.7 Å². The molecule has 1 aliphatic carbocycles. The van der Waals surface area contributed by atoms with E-state index in [1.54, 1.807) is 27.8 Å². The van der Waals surface area contributed by atoms with E-state index >= 15 is 8.78 Å². The molecule has 0 bridgehead atoms. The van der Waals surface area contributed by atoms with Crippen molar-refractivity contribution in [2.24, 2.45) is 7.05 Å². The number of carboxylic acids is 1. The van der Waals surface area contributed by atoms with E-state index in [0.717, 1.165) is 29.5 Å². The lowest BCUT2D eigenvalue weighted by atomic mass is 9.96. The fourth-order valence-electron chi connectivity index (χ4n) is 5.86. The number of fused-ring (bicyclic) bond motifs is 1. The number of aromatic nitrogens is 2. The number of carbonyl (C=O) groups excluding carboxylic acids is 2.